The predicted molar refractivity (Wildman–Crippen MR) is 113 cm³/mol. The summed E-state index contributed by atoms with van der Waals surface area (Å²) in [5, 5.41) is 12.0. The molecule has 0 aliphatic carbocycles. The van der Waals surface area contributed by atoms with Crippen LogP contribution in [0.4, 0.5) is 5.13 Å². The largest absolute Gasteiger partial charge is 0.454 e. The van der Waals surface area contributed by atoms with Gasteiger partial charge in [-0.25, -0.2) is 0 Å². The third-order valence-electron chi connectivity index (χ3n) is 4.40. The van der Waals surface area contributed by atoms with Gasteiger partial charge in [-0.15, -0.1) is 10.2 Å². The van der Waals surface area contributed by atoms with Crippen LogP contribution < -0.4 is 14.8 Å². The average Bonchev–Trinajstić information content (AvgIpc) is 3.36. The van der Waals surface area contributed by atoms with E-state index in [0.717, 1.165) is 5.56 Å². The summed E-state index contributed by atoms with van der Waals surface area (Å²) in [7, 11) is 1.59. The molecule has 0 spiro atoms. The molecule has 2 heterocycles. The Labute approximate surface area is 179 Å². The normalized spacial score (nSPS) is 12.3. The smallest absolute Gasteiger partial charge is 0.231 e. The van der Waals surface area contributed by atoms with Gasteiger partial charge in [0.2, 0.25) is 23.7 Å². The number of fused-ring (bicyclic) bond motifs is 1. The number of anilines is 1. The number of ether oxygens (including phenoxy) is 3. The number of nitrogens with zero attached hydrogens (tertiary/aromatic N) is 3. The molecular formula is C20H26N4O5S. The molecule has 0 atom stereocenters. The van der Waals surface area contributed by atoms with Crippen molar-refractivity contribution in [1.82, 2.24) is 15.1 Å². The molecule has 1 aromatic heterocycles. The Morgan fingerprint density at radius 3 is 2.80 bits per heavy atom. The van der Waals surface area contributed by atoms with Gasteiger partial charge < -0.3 is 24.4 Å². The number of carbonyl (C=O) groups excluding carboxylic acids is 2. The first-order valence-corrected chi connectivity index (χ1v) is 10.6. The van der Waals surface area contributed by atoms with Crippen LogP contribution in [0.5, 0.6) is 11.5 Å². The quantitative estimate of drug-likeness (QED) is 0.613. The second-order valence-corrected chi connectivity index (χ2v) is 8.23. The Hall–Kier alpha value is -2.72. The fraction of sp³-hybridized carbons (Fsp3) is 0.500. The fourth-order valence-corrected chi connectivity index (χ4v) is 3.64. The summed E-state index contributed by atoms with van der Waals surface area (Å²) in [6.45, 7) is 5.41. The van der Waals surface area contributed by atoms with E-state index in [1.807, 2.05) is 32.0 Å². The van der Waals surface area contributed by atoms with E-state index in [9.17, 15) is 9.59 Å². The molecule has 0 unspecified atom stereocenters. The summed E-state index contributed by atoms with van der Waals surface area (Å²) in [6.07, 6.45) is 0.618. The Bertz CT molecular complexity index is 886. The first kappa shape index (κ1) is 22.0. The van der Waals surface area contributed by atoms with Crippen LogP contribution in [0.15, 0.2) is 18.2 Å². The number of hydrogen-bond acceptors (Lipinski definition) is 8. The van der Waals surface area contributed by atoms with E-state index in [1.165, 1.54) is 11.3 Å². The highest BCUT2D eigenvalue weighted by atomic mass is 32.1. The number of aromatic nitrogens is 2. The molecule has 3 rings (SSSR count). The lowest BCUT2D eigenvalue weighted by Crippen LogP contribution is -2.36. The lowest BCUT2D eigenvalue weighted by Gasteiger charge is -2.23. The number of methoxy groups -OCH3 is 1. The van der Waals surface area contributed by atoms with Crippen LogP contribution in [0.3, 0.4) is 0 Å². The van der Waals surface area contributed by atoms with Crippen molar-refractivity contribution in [2.45, 2.75) is 26.7 Å². The number of nitrogens with one attached hydrogen (secondary N) is 1. The van der Waals surface area contributed by atoms with Gasteiger partial charge in [0.15, 0.2) is 11.5 Å². The summed E-state index contributed by atoms with van der Waals surface area (Å²) >= 11 is 1.27. The summed E-state index contributed by atoms with van der Waals surface area (Å²) < 4.78 is 15.8. The second-order valence-electron chi connectivity index (χ2n) is 7.25. The van der Waals surface area contributed by atoms with Crippen LogP contribution in [-0.2, 0) is 14.3 Å². The van der Waals surface area contributed by atoms with E-state index in [1.54, 1.807) is 12.0 Å². The zero-order valence-electron chi connectivity index (χ0n) is 17.3. The van der Waals surface area contributed by atoms with Crippen LogP contribution >= 0.6 is 11.3 Å². The molecule has 0 radical (unpaired) electrons. The maximum atomic E-state index is 12.4. The lowest BCUT2D eigenvalue weighted by atomic mass is 10.1. The molecule has 2 amide bonds. The van der Waals surface area contributed by atoms with Crippen molar-refractivity contribution in [3.05, 3.63) is 18.2 Å². The van der Waals surface area contributed by atoms with Gasteiger partial charge >= 0.3 is 0 Å². The van der Waals surface area contributed by atoms with Gasteiger partial charge in [-0.3, -0.25) is 9.59 Å². The van der Waals surface area contributed by atoms with Gasteiger partial charge in [-0.1, -0.05) is 25.2 Å². The number of benzene rings is 1. The summed E-state index contributed by atoms with van der Waals surface area (Å²) in [6, 6.07) is 5.52. The second kappa shape index (κ2) is 10.4. The first-order valence-electron chi connectivity index (χ1n) is 9.76. The van der Waals surface area contributed by atoms with E-state index < -0.39 is 0 Å². The minimum absolute atomic E-state index is 0.0239. The van der Waals surface area contributed by atoms with E-state index >= 15 is 0 Å². The molecule has 0 bridgehead atoms. The van der Waals surface area contributed by atoms with Crippen LogP contribution in [0, 0.1) is 5.92 Å². The van der Waals surface area contributed by atoms with Crippen molar-refractivity contribution < 1.29 is 23.8 Å². The number of hydrogen-bond donors (Lipinski definition) is 1. The minimum Gasteiger partial charge on any atom is -0.454 e. The van der Waals surface area contributed by atoms with Gasteiger partial charge in [-0.05, 0) is 24.1 Å². The van der Waals surface area contributed by atoms with Crippen LogP contribution in [-0.4, -0.2) is 60.5 Å². The Morgan fingerprint density at radius 1 is 1.23 bits per heavy atom. The maximum absolute atomic E-state index is 12.4. The molecule has 1 aliphatic heterocycles. The van der Waals surface area contributed by atoms with E-state index in [0.29, 0.717) is 47.8 Å². The molecule has 0 saturated heterocycles. The highest BCUT2D eigenvalue weighted by molar-refractivity contribution is 7.18. The van der Waals surface area contributed by atoms with Crippen molar-refractivity contribution >= 4 is 28.3 Å². The molecule has 30 heavy (non-hydrogen) atoms. The molecule has 1 N–H and O–H groups in total. The molecule has 10 heteroatoms. The highest BCUT2D eigenvalue weighted by Gasteiger charge is 2.18. The van der Waals surface area contributed by atoms with Crippen molar-refractivity contribution in [1.29, 1.82) is 0 Å². The van der Waals surface area contributed by atoms with Crippen molar-refractivity contribution in [3.8, 4) is 22.1 Å². The topological polar surface area (TPSA) is 103 Å². The lowest BCUT2D eigenvalue weighted by molar-refractivity contribution is -0.133. The van der Waals surface area contributed by atoms with Gasteiger partial charge in [0.25, 0.3) is 0 Å². The summed E-state index contributed by atoms with van der Waals surface area (Å²) in [5.74, 6) is 1.42. The number of carbonyl (C=O) groups is 2. The zero-order chi connectivity index (χ0) is 21.5. The molecule has 2 aromatic rings. The zero-order valence-corrected chi connectivity index (χ0v) is 18.2. The predicted octanol–water partition coefficient (Wildman–Crippen LogP) is 2.78. The Kier molecular flexibility index (Phi) is 7.58. The van der Waals surface area contributed by atoms with Crippen molar-refractivity contribution in [2.75, 3.05) is 38.9 Å². The van der Waals surface area contributed by atoms with Crippen LogP contribution in [0.1, 0.15) is 26.7 Å². The van der Waals surface area contributed by atoms with Crippen molar-refractivity contribution in [2.24, 2.45) is 5.92 Å². The molecule has 1 aliphatic rings. The van der Waals surface area contributed by atoms with E-state index in [-0.39, 0.29) is 30.9 Å². The third-order valence-corrected chi connectivity index (χ3v) is 5.29. The van der Waals surface area contributed by atoms with E-state index in [2.05, 4.69) is 15.5 Å². The fourth-order valence-electron chi connectivity index (χ4n) is 2.88. The van der Waals surface area contributed by atoms with E-state index in [4.69, 9.17) is 14.2 Å². The molecular weight excluding hydrogens is 408 g/mol. The monoisotopic (exact) mass is 434 g/mol. The van der Waals surface area contributed by atoms with Crippen molar-refractivity contribution in [3.63, 3.8) is 0 Å². The van der Waals surface area contributed by atoms with Gasteiger partial charge in [0.1, 0.15) is 5.01 Å². The van der Waals surface area contributed by atoms with Gasteiger partial charge in [0, 0.05) is 38.6 Å². The van der Waals surface area contributed by atoms with Gasteiger partial charge in [-0.2, -0.15) is 0 Å². The number of amides is 2. The van der Waals surface area contributed by atoms with Crippen LogP contribution in [0.2, 0.25) is 0 Å². The SMILES string of the molecule is COCCN(CCC(=O)Nc1nnc(-c2ccc3c(c2)OCO3)s1)C(=O)CC(C)C. The molecule has 0 saturated carbocycles. The third kappa shape index (κ3) is 5.90. The standard InChI is InChI=1S/C20H26N4O5S/c1-13(2)10-18(26)24(8-9-27-3)7-6-17(25)21-20-23-22-19(30-20)14-4-5-15-16(11-14)29-12-28-15/h4-5,11,13H,6-10,12H2,1-3H3,(H,21,23,25). The molecule has 9 nitrogen and oxygen atoms in total. The highest BCUT2D eigenvalue weighted by Crippen LogP contribution is 2.37. The molecule has 0 fully saturated rings. The average molecular weight is 435 g/mol. The summed E-state index contributed by atoms with van der Waals surface area (Å²) in [4.78, 5) is 26.4. The van der Waals surface area contributed by atoms with Crippen LogP contribution in [0.25, 0.3) is 10.6 Å². The number of rotatable bonds is 10. The van der Waals surface area contributed by atoms with Gasteiger partial charge in [0.05, 0.1) is 6.61 Å². The molecule has 162 valence electrons. The summed E-state index contributed by atoms with van der Waals surface area (Å²) in [5.41, 5.74) is 0.835. The minimum atomic E-state index is -0.219. The molecule has 1 aromatic carbocycles. The first-order chi connectivity index (χ1) is 14.5. The Balaban J connectivity index is 1.55. The maximum Gasteiger partial charge on any atom is 0.231 e. The Morgan fingerprint density at radius 2 is 2.03 bits per heavy atom.